The van der Waals surface area contributed by atoms with Crippen molar-refractivity contribution < 1.29 is 0 Å². The Kier molecular flexibility index (Phi) is 5.93. The molecule has 1 aliphatic rings. The van der Waals surface area contributed by atoms with Crippen LogP contribution in [0.15, 0.2) is 66.8 Å². The molecule has 0 amide bonds. The number of rotatable bonds is 2. The van der Waals surface area contributed by atoms with E-state index >= 15 is 0 Å². The van der Waals surface area contributed by atoms with Crippen molar-refractivity contribution in [3.8, 4) is 0 Å². The summed E-state index contributed by atoms with van der Waals surface area (Å²) in [5.74, 6) is 0. The van der Waals surface area contributed by atoms with Crippen LogP contribution in [-0.4, -0.2) is 0 Å². The highest BCUT2D eigenvalue weighted by atomic mass is 14.0. The van der Waals surface area contributed by atoms with E-state index in [2.05, 4.69) is 56.3 Å². The Morgan fingerprint density at radius 1 is 1.00 bits per heavy atom. The molecule has 0 bridgehead atoms. The van der Waals surface area contributed by atoms with E-state index in [9.17, 15) is 0 Å². The highest BCUT2D eigenvalue weighted by Crippen LogP contribution is 2.19. The van der Waals surface area contributed by atoms with Crippen LogP contribution in [0.3, 0.4) is 0 Å². The first kappa shape index (κ1) is 14.2. The fourth-order valence-corrected chi connectivity index (χ4v) is 1.60. The van der Waals surface area contributed by atoms with Crippen LogP contribution in [-0.2, 0) is 0 Å². The summed E-state index contributed by atoms with van der Waals surface area (Å²) in [4.78, 5) is 0. The number of hydrogen-bond donors (Lipinski definition) is 0. The Morgan fingerprint density at radius 3 is 2.22 bits per heavy atom. The first-order chi connectivity index (χ1) is 8.75. The zero-order valence-electron chi connectivity index (χ0n) is 11.5. The van der Waals surface area contributed by atoms with Crippen molar-refractivity contribution in [1.82, 2.24) is 0 Å². The van der Waals surface area contributed by atoms with E-state index in [1.165, 1.54) is 16.7 Å². The van der Waals surface area contributed by atoms with Crippen LogP contribution in [0.25, 0.3) is 5.57 Å². The lowest BCUT2D eigenvalue weighted by Crippen LogP contribution is -1.85. The molecule has 0 unspecified atom stereocenters. The van der Waals surface area contributed by atoms with Crippen molar-refractivity contribution in [2.45, 2.75) is 20.8 Å². The maximum absolute atomic E-state index is 4.09. The summed E-state index contributed by atoms with van der Waals surface area (Å²) in [6.45, 7) is 10.2. The smallest absolute Gasteiger partial charge is 0.0125 e. The largest absolute Gasteiger partial charge is 0.0911 e. The highest BCUT2D eigenvalue weighted by Gasteiger charge is 1.98. The van der Waals surface area contributed by atoms with Crippen molar-refractivity contribution in [1.29, 1.82) is 0 Å². The second kappa shape index (κ2) is 7.50. The van der Waals surface area contributed by atoms with Gasteiger partial charge in [0.1, 0.15) is 0 Å². The molecule has 0 saturated carbocycles. The number of benzene rings is 1. The third kappa shape index (κ3) is 4.21. The Bertz CT molecular complexity index is 467. The zero-order chi connectivity index (χ0) is 13.4. The van der Waals surface area contributed by atoms with Crippen molar-refractivity contribution in [2.75, 3.05) is 0 Å². The van der Waals surface area contributed by atoms with Gasteiger partial charge in [-0.25, -0.2) is 0 Å². The van der Waals surface area contributed by atoms with Gasteiger partial charge >= 0.3 is 0 Å². The molecule has 1 radical (unpaired) electrons. The van der Waals surface area contributed by atoms with Crippen LogP contribution >= 0.6 is 0 Å². The molecule has 0 spiro atoms. The number of aryl methyl sites for hydroxylation is 1. The van der Waals surface area contributed by atoms with Crippen molar-refractivity contribution in [3.63, 3.8) is 0 Å². The minimum absolute atomic E-state index is 1.05. The van der Waals surface area contributed by atoms with Gasteiger partial charge in [-0.15, -0.1) is 0 Å². The van der Waals surface area contributed by atoms with Crippen LogP contribution in [0.2, 0.25) is 0 Å². The summed E-state index contributed by atoms with van der Waals surface area (Å²) in [7, 11) is 0. The monoisotopic (exact) mass is 237 g/mol. The molecule has 0 saturated heterocycles. The van der Waals surface area contributed by atoms with Gasteiger partial charge in [-0.1, -0.05) is 80.6 Å². The fraction of sp³-hybridized carbons (Fsp3) is 0.167. The molecule has 18 heavy (non-hydrogen) atoms. The van der Waals surface area contributed by atoms with E-state index in [-0.39, 0.29) is 0 Å². The van der Waals surface area contributed by atoms with Crippen LogP contribution < -0.4 is 0 Å². The van der Waals surface area contributed by atoms with Crippen molar-refractivity contribution >= 4 is 5.57 Å². The molecule has 0 aliphatic heterocycles. The third-order valence-corrected chi connectivity index (χ3v) is 2.56. The van der Waals surface area contributed by atoms with Gasteiger partial charge in [0.25, 0.3) is 0 Å². The number of allylic oxidation sites excluding steroid dienone is 7. The van der Waals surface area contributed by atoms with Gasteiger partial charge in [0.2, 0.25) is 0 Å². The average molecular weight is 237 g/mol. The second-order valence-electron chi connectivity index (χ2n) is 3.95. The Labute approximate surface area is 111 Å². The standard InChI is InChI=1S/C16H15.C2H6/c1-13-8-10-16(11-9-13)14(2)12-15-6-4-3-5-7-15;1-2/h3-12H,2H2,1H3;1-2H3. The first-order valence-corrected chi connectivity index (χ1v) is 6.41. The molecule has 93 valence electrons. The predicted molar refractivity (Wildman–Crippen MR) is 82.2 cm³/mol. The molecule has 0 heterocycles. The molecular formula is C18H21. The molecule has 1 aliphatic carbocycles. The fourth-order valence-electron chi connectivity index (χ4n) is 1.60. The van der Waals surface area contributed by atoms with Gasteiger partial charge < -0.3 is 0 Å². The normalized spacial score (nSPS) is 15.2. The van der Waals surface area contributed by atoms with Gasteiger partial charge in [0, 0.05) is 6.42 Å². The predicted octanol–water partition coefficient (Wildman–Crippen LogP) is 5.29. The molecule has 0 heteroatoms. The minimum atomic E-state index is 1.05. The van der Waals surface area contributed by atoms with Crippen molar-refractivity contribution in [3.05, 3.63) is 84.3 Å². The van der Waals surface area contributed by atoms with Gasteiger partial charge in [0.15, 0.2) is 0 Å². The Hall–Kier alpha value is -1.82. The topological polar surface area (TPSA) is 0 Å². The van der Waals surface area contributed by atoms with E-state index in [0.29, 0.717) is 0 Å². The Morgan fingerprint density at radius 2 is 1.67 bits per heavy atom. The lowest BCUT2D eigenvalue weighted by atomic mass is 10.0. The van der Waals surface area contributed by atoms with E-state index in [4.69, 9.17) is 0 Å². The summed E-state index contributed by atoms with van der Waals surface area (Å²) < 4.78 is 0. The lowest BCUT2D eigenvalue weighted by Gasteiger charge is -2.05. The van der Waals surface area contributed by atoms with Gasteiger partial charge in [0.05, 0.1) is 0 Å². The molecule has 2 rings (SSSR count). The van der Waals surface area contributed by atoms with E-state index in [1.807, 2.05) is 32.1 Å². The molecular weight excluding hydrogens is 216 g/mol. The van der Waals surface area contributed by atoms with Crippen LogP contribution in [0, 0.1) is 13.3 Å². The van der Waals surface area contributed by atoms with Crippen LogP contribution in [0.4, 0.5) is 0 Å². The minimum Gasteiger partial charge on any atom is -0.0911 e. The third-order valence-electron chi connectivity index (χ3n) is 2.56. The highest BCUT2D eigenvalue weighted by molar-refractivity contribution is 5.74. The summed E-state index contributed by atoms with van der Waals surface area (Å²) in [6, 6.07) is 8.44. The average Bonchev–Trinajstić information content (AvgIpc) is 2.43. The summed E-state index contributed by atoms with van der Waals surface area (Å²) in [5, 5.41) is 0. The van der Waals surface area contributed by atoms with Crippen LogP contribution in [0.1, 0.15) is 25.0 Å². The van der Waals surface area contributed by atoms with Crippen molar-refractivity contribution in [2.24, 2.45) is 0 Å². The van der Waals surface area contributed by atoms with Gasteiger partial charge in [-0.3, -0.25) is 0 Å². The molecule has 0 atom stereocenters. The molecule has 0 aromatic heterocycles. The molecule has 1 aromatic carbocycles. The summed E-state index contributed by atoms with van der Waals surface area (Å²) in [5.41, 5.74) is 4.69. The van der Waals surface area contributed by atoms with E-state index < -0.39 is 0 Å². The Balaban J connectivity index is 0.000000771. The van der Waals surface area contributed by atoms with Gasteiger partial charge in [-0.05, 0) is 23.6 Å². The molecule has 0 nitrogen and oxygen atoms in total. The van der Waals surface area contributed by atoms with E-state index in [1.54, 1.807) is 0 Å². The number of hydrogen-bond acceptors (Lipinski definition) is 0. The molecule has 1 aromatic rings. The molecule has 0 fully saturated rings. The zero-order valence-corrected chi connectivity index (χ0v) is 11.5. The first-order valence-electron chi connectivity index (χ1n) is 6.41. The lowest BCUT2D eigenvalue weighted by molar-refractivity contribution is 1.45. The SMILES string of the molecule is C=C(/C=C1/[CH]C=CC=C1)c1ccc(C)cc1.CC. The summed E-state index contributed by atoms with van der Waals surface area (Å²) in [6.07, 6.45) is 12.4. The summed E-state index contributed by atoms with van der Waals surface area (Å²) >= 11 is 0. The van der Waals surface area contributed by atoms with E-state index in [0.717, 1.165) is 5.57 Å². The maximum atomic E-state index is 4.09. The second-order valence-corrected chi connectivity index (χ2v) is 3.95. The van der Waals surface area contributed by atoms with Crippen LogP contribution in [0.5, 0.6) is 0 Å². The molecule has 0 N–H and O–H groups in total. The quantitative estimate of drug-likeness (QED) is 0.655. The van der Waals surface area contributed by atoms with Gasteiger partial charge in [-0.2, -0.15) is 0 Å². The maximum Gasteiger partial charge on any atom is 0.0125 e.